The van der Waals surface area contributed by atoms with Gasteiger partial charge in [-0.15, -0.1) is 0 Å². The van der Waals surface area contributed by atoms with Crippen molar-refractivity contribution >= 4 is 93.4 Å². The second-order valence-electron chi connectivity index (χ2n) is 9.38. The zero-order valence-corrected chi connectivity index (χ0v) is 34.6. The number of aliphatic hydroxyl groups is 1. The van der Waals surface area contributed by atoms with Crippen LogP contribution in [-0.4, -0.2) is 165 Å². The van der Waals surface area contributed by atoms with Crippen molar-refractivity contribution in [3.63, 3.8) is 0 Å². The quantitative estimate of drug-likeness (QED) is 0.0632. The number of anilines is 4. The Kier molecular flexibility index (Phi) is 25.6. The molecule has 5 N–H and O–H groups in total. The topological polar surface area (TPSA) is 278 Å². The average molecular weight is 911 g/mol. The number of nitrogens with one attached hydrogen (secondary N) is 4. The molecule has 0 saturated carbocycles. The SMILES string of the molecule is CO.COc1nc(Cl)nc(NCCOCCOCCNc2nc(Cl)nc(OC)n2)n1.Clc1nc(Cl)nc(NCCOCCOCCNc2nc(Cl)nc(Cl)n2)n1. The Bertz CT molecular complexity index is 1540. The van der Waals surface area contributed by atoms with Gasteiger partial charge < -0.3 is 54.8 Å². The fourth-order valence-electron chi connectivity index (χ4n) is 3.40. The minimum atomic E-state index is 0.0251. The summed E-state index contributed by atoms with van der Waals surface area (Å²) in [7, 11) is 3.90. The molecule has 0 atom stereocenters. The van der Waals surface area contributed by atoms with Gasteiger partial charge in [0.05, 0.1) is 67.1 Å². The molecule has 4 aromatic heterocycles. The van der Waals surface area contributed by atoms with Crippen molar-refractivity contribution < 1.29 is 33.5 Å². The lowest BCUT2D eigenvalue weighted by Crippen LogP contribution is -2.16. The summed E-state index contributed by atoms with van der Waals surface area (Å²) in [5, 5.41) is 19.0. The van der Waals surface area contributed by atoms with E-state index in [1.54, 1.807) is 0 Å². The number of nitrogens with zero attached hydrogens (tertiary/aromatic N) is 12. The summed E-state index contributed by atoms with van der Waals surface area (Å²) in [6, 6.07) is 0.284. The van der Waals surface area contributed by atoms with E-state index in [4.69, 9.17) is 103 Å². The van der Waals surface area contributed by atoms with Crippen molar-refractivity contribution in [2.24, 2.45) is 0 Å². The number of halogens is 6. The maximum absolute atomic E-state index is 7.00. The molecule has 29 heteroatoms. The first-order chi connectivity index (χ1) is 27.1. The van der Waals surface area contributed by atoms with Crippen LogP contribution in [0.3, 0.4) is 0 Å². The second kappa shape index (κ2) is 29.6. The van der Waals surface area contributed by atoms with Crippen molar-refractivity contribution in [2.75, 3.05) is 122 Å². The molecule has 0 bridgehead atoms. The molecule has 0 aliphatic carbocycles. The van der Waals surface area contributed by atoms with Crippen molar-refractivity contribution in [3.05, 3.63) is 31.7 Å². The molecular formula is C27H38Cl6N16O7. The summed E-state index contributed by atoms with van der Waals surface area (Å²) in [4.78, 5) is 46.2. The minimum absolute atomic E-state index is 0.0251. The largest absolute Gasteiger partial charge is 0.467 e. The molecule has 4 aromatic rings. The monoisotopic (exact) mass is 908 g/mol. The van der Waals surface area contributed by atoms with Crippen LogP contribution in [0, 0.1) is 0 Å². The van der Waals surface area contributed by atoms with Gasteiger partial charge in [0.1, 0.15) is 0 Å². The van der Waals surface area contributed by atoms with E-state index in [0.717, 1.165) is 7.11 Å². The standard InChI is InChI=1S/C14H20Cl2N8O4.C12H14Cl4N8O2.CH4O/c1-25-13-21-9(15)19-11(23-13)17-3-5-27-7-8-28-6-4-18-12-20-10(16)22-14(24-12)26-2;13-7-19-8(14)22-11(21-7)17-1-3-25-5-6-26-4-2-18-12-23-9(15)20-10(16)24-12;1-2/h3-8H2,1-2H3,(H,17,19,21,23)(H,18,20,22,24);1-6H2,(H,17,19,21,22)(H,18,20,23,24);2H,1H3. The van der Waals surface area contributed by atoms with E-state index < -0.39 is 0 Å². The van der Waals surface area contributed by atoms with Crippen LogP contribution in [0.2, 0.25) is 31.7 Å². The lowest BCUT2D eigenvalue weighted by molar-refractivity contribution is 0.0556. The smallest absolute Gasteiger partial charge is 0.322 e. The molecule has 0 aromatic carbocycles. The van der Waals surface area contributed by atoms with E-state index in [1.807, 2.05) is 0 Å². The van der Waals surface area contributed by atoms with E-state index >= 15 is 0 Å². The predicted molar refractivity (Wildman–Crippen MR) is 208 cm³/mol. The average Bonchev–Trinajstić information content (AvgIpc) is 3.16. The Morgan fingerprint density at radius 2 is 0.589 bits per heavy atom. The van der Waals surface area contributed by atoms with Gasteiger partial charge in [-0.25, -0.2) is 0 Å². The fraction of sp³-hybridized carbons (Fsp3) is 0.556. The van der Waals surface area contributed by atoms with Crippen LogP contribution in [0.25, 0.3) is 0 Å². The first-order valence-electron chi connectivity index (χ1n) is 15.9. The molecule has 0 aliphatic rings. The molecule has 56 heavy (non-hydrogen) atoms. The highest BCUT2D eigenvalue weighted by atomic mass is 35.5. The van der Waals surface area contributed by atoms with Crippen molar-refractivity contribution in [1.82, 2.24) is 59.8 Å². The van der Waals surface area contributed by atoms with E-state index in [2.05, 4.69) is 81.1 Å². The van der Waals surface area contributed by atoms with Crippen LogP contribution in [0.4, 0.5) is 23.8 Å². The van der Waals surface area contributed by atoms with Crippen LogP contribution in [-0.2, 0) is 18.9 Å². The number of methoxy groups -OCH3 is 2. The van der Waals surface area contributed by atoms with Crippen molar-refractivity contribution in [2.45, 2.75) is 0 Å². The van der Waals surface area contributed by atoms with Gasteiger partial charge in [-0.2, -0.15) is 59.8 Å². The third kappa shape index (κ3) is 22.2. The lowest BCUT2D eigenvalue weighted by atomic mass is 10.6. The Balaban J connectivity index is 0.000000371. The Morgan fingerprint density at radius 3 is 0.839 bits per heavy atom. The van der Waals surface area contributed by atoms with Gasteiger partial charge in [-0.1, -0.05) is 0 Å². The van der Waals surface area contributed by atoms with E-state index in [1.165, 1.54) is 14.2 Å². The lowest BCUT2D eigenvalue weighted by Gasteiger charge is -2.08. The molecule has 4 rings (SSSR count). The molecule has 0 radical (unpaired) electrons. The molecule has 0 saturated heterocycles. The minimum Gasteiger partial charge on any atom is -0.467 e. The third-order valence-electron chi connectivity index (χ3n) is 5.56. The van der Waals surface area contributed by atoms with Crippen molar-refractivity contribution in [3.8, 4) is 12.0 Å². The van der Waals surface area contributed by atoms with Crippen LogP contribution in [0.1, 0.15) is 0 Å². The normalized spacial score (nSPS) is 10.4. The summed E-state index contributed by atoms with van der Waals surface area (Å²) in [5.74, 6) is 1.22. The molecule has 23 nitrogen and oxygen atoms in total. The number of rotatable bonds is 24. The molecule has 4 heterocycles. The van der Waals surface area contributed by atoms with Gasteiger partial charge in [-0.05, 0) is 69.6 Å². The number of ether oxygens (including phenoxy) is 6. The molecule has 0 spiro atoms. The fourth-order valence-corrected chi connectivity index (χ4v) is 4.43. The Labute approximate surface area is 350 Å². The number of hydrogen-bond donors (Lipinski definition) is 5. The highest BCUT2D eigenvalue weighted by molar-refractivity contribution is 6.31. The summed E-state index contributed by atoms with van der Waals surface area (Å²) in [6.45, 7) is 5.45. The number of aliphatic hydroxyl groups excluding tert-OH is 1. The molecular weight excluding hydrogens is 873 g/mol. The van der Waals surface area contributed by atoms with Crippen LogP contribution in [0.15, 0.2) is 0 Å². The Morgan fingerprint density at radius 1 is 0.357 bits per heavy atom. The summed E-state index contributed by atoms with van der Waals surface area (Å²) < 4.78 is 31.5. The predicted octanol–water partition coefficient (Wildman–Crippen LogP) is 2.77. The first-order valence-corrected chi connectivity index (χ1v) is 18.2. The number of hydrogen-bond acceptors (Lipinski definition) is 23. The highest BCUT2D eigenvalue weighted by Gasteiger charge is 2.07. The second-order valence-corrected chi connectivity index (χ2v) is 11.4. The highest BCUT2D eigenvalue weighted by Crippen LogP contribution is 2.12. The summed E-state index contributed by atoms with van der Waals surface area (Å²) in [5.41, 5.74) is 0. The van der Waals surface area contributed by atoms with Gasteiger partial charge >= 0.3 is 12.0 Å². The van der Waals surface area contributed by atoms with E-state index in [9.17, 15) is 0 Å². The Hall–Kier alpha value is -3.62. The summed E-state index contributed by atoms with van der Waals surface area (Å²) in [6.07, 6.45) is 0. The first kappa shape index (κ1) is 48.5. The molecule has 310 valence electrons. The van der Waals surface area contributed by atoms with Gasteiger partial charge in [0, 0.05) is 33.3 Å². The molecule has 0 aliphatic heterocycles. The van der Waals surface area contributed by atoms with Gasteiger partial charge in [0.25, 0.3) is 0 Å². The van der Waals surface area contributed by atoms with E-state index in [-0.39, 0.29) is 43.7 Å². The third-order valence-corrected chi connectivity index (χ3v) is 6.58. The van der Waals surface area contributed by atoms with Gasteiger partial charge in [0.15, 0.2) is 0 Å². The van der Waals surface area contributed by atoms with Gasteiger partial charge in [0.2, 0.25) is 55.5 Å². The molecule has 0 unspecified atom stereocenters. The summed E-state index contributed by atoms with van der Waals surface area (Å²) >= 11 is 34.2. The van der Waals surface area contributed by atoms with E-state index in [0.29, 0.717) is 103 Å². The number of aromatic nitrogens is 12. The zero-order valence-electron chi connectivity index (χ0n) is 30.0. The molecule has 0 fully saturated rings. The van der Waals surface area contributed by atoms with Crippen LogP contribution >= 0.6 is 69.6 Å². The van der Waals surface area contributed by atoms with Gasteiger partial charge in [-0.3, -0.25) is 0 Å². The van der Waals surface area contributed by atoms with Crippen LogP contribution < -0.4 is 30.7 Å². The zero-order chi connectivity index (χ0) is 41.0. The van der Waals surface area contributed by atoms with Crippen molar-refractivity contribution in [1.29, 1.82) is 0 Å². The molecule has 0 amide bonds. The maximum Gasteiger partial charge on any atom is 0.322 e. The van der Waals surface area contributed by atoms with Crippen LogP contribution in [0.5, 0.6) is 12.0 Å². The maximum atomic E-state index is 7.00.